The average molecular weight is 459 g/mol. The molecule has 1 aromatic carbocycles. The number of nitrogens with one attached hydrogen (secondary N) is 2. The van der Waals surface area contributed by atoms with Crippen molar-refractivity contribution in [3.63, 3.8) is 0 Å². The Kier molecular flexibility index (Phi) is 5.45. The zero-order chi connectivity index (χ0) is 23.1. The number of benzene rings is 1. The van der Waals surface area contributed by atoms with Gasteiger partial charge in [-0.05, 0) is 42.7 Å². The fourth-order valence-corrected chi connectivity index (χ4v) is 5.51. The molecule has 34 heavy (non-hydrogen) atoms. The molecular formula is C26H30N6O2. The number of nitrogens with zero attached hydrogens (tertiary/aromatic N) is 4. The van der Waals surface area contributed by atoms with Crippen molar-refractivity contribution in [3.05, 3.63) is 42.6 Å². The first-order valence-corrected chi connectivity index (χ1v) is 12.1. The Balaban J connectivity index is 1.38. The summed E-state index contributed by atoms with van der Waals surface area (Å²) in [4.78, 5) is 26.9. The maximum Gasteiger partial charge on any atom is 0.225 e. The Labute approximate surface area is 199 Å². The number of anilines is 2. The van der Waals surface area contributed by atoms with Gasteiger partial charge in [0.1, 0.15) is 11.6 Å². The Morgan fingerprint density at radius 2 is 1.91 bits per heavy atom. The molecular weight excluding hydrogens is 428 g/mol. The number of amides is 1. The van der Waals surface area contributed by atoms with E-state index in [4.69, 9.17) is 14.7 Å². The Hall–Kier alpha value is -3.39. The van der Waals surface area contributed by atoms with E-state index in [1.165, 1.54) is 0 Å². The lowest BCUT2D eigenvalue weighted by Crippen LogP contribution is -2.43. The number of piperazine rings is 1. The average Bonchev–Trinajstić information content (AvgIpc) is 3.34. The number of carbonyl (C=O) groups excluding carboxylic acids is 1. The molecule has 2 aromatic heterocycles. The van der Waals surface area contributed by atoms with E-state index in [0.29, 0.717) is 5.92 Å². The van der Waals surface area contributed by atoms with Crippen LogP contribution in [0.5, 0.6) is 5.75 Å². The van der Waals surface area contributed by atoms with Gasteiger partial charge < -0.3 is 25.2 Å². The van der Waals surface area contributed by atoms with Gasteiger partial charge in [-0.1, -0.05) is 0 Å². The van der Waals surface area contributed by atoms with Crippen molar-refractivity contribution < 1.29 is 9.53 Å². The molecule has 2 atom stereocenters. The lowest BCUT2D eigenvalue weighted by Gasteiger charge is -2.28. The van der Waals surface area contributed by atoms with Gasteiger partial charge in [-0.2, -0.15) is 0 Å². The minimum absolute atomic E-state index is 0.0543. The van der Waals surface area contributed by atoms with Crippen molar-refractivity contribution in [1.29, 1.82) is 0 Å². The summed E-state index contributed by atoms with van der Waals surface area (Å²) in [6.45, 7) is 6.31. The highest BCUT2D eigenvalue weighted by Crippen LogP contribution is 2.38. The van der Waals surface area contributed by atoms with E-state index in [0.717, 1.165) is 91.6 Å². The maximum absolute atomic E-state index is 12.5. The van der Waals surface area contributed by atoms with E-state index in [2.05, 4.69) is 44.7 Å². The number of methoxy groups -OCH3 is 1. The van der Waals surface area contributed by atoms with E-state index in [-0.39, 0.29) is 11.8 Å². The Bertz CT molecular complexity index is 1210. The first-order valence-electron chi connectivity index (χ1n) is 12.1. The number of piperidine rings is 1. The number of aromatic nitrogens is 2. The number of pyridine rings is 2. The van der Waals surface area contributed by atoms with Crippen molar-refractivity contribution in [3.8, 4) is 17.0 Å². The van der Waals surface area contributed by atoms with Gasteiger partial charge in [-0.25, -0.2) is 9.97 Å². The molecule has 3 aromatic rings. The van der Waals surface area contributed by atoms with Crippen LogP contribution in [0.1, 0.15) is 6.42 Å². The molecule has 3 aliphatic heterocycles. The predicted molar refractivity (Wildman–Crippen MR) is 133 cm³/mol. The zero-order valence-corrected chi connectivity index (χ0v) is 19.5. The van der Waals surface area contributed by atoms with E-state index < -0.39 is 0 Å². The third kappa shape index (κ3) is 3.81. The van der Waals surface area contributed by atoms with Crippen LogP contribution in [0.4, 0.5) is 11.5 Å². The van der Waals surface area contributed by atoms with Gasteiger partial charge in [0, 0.05) is 74.7 Å². The molecule has 0 radical (unpaired) electrons. The number of ether oxygens (including phenoxy) is 1. The highest BCUT2D eigenvalue weighted by atomic mass is 16.5. The fourth-order valence-electron chi connectivity index (χ4n) is 5.51. The summed E-state index contributed by atoms with van der Waals surface area (Å²) in [7, 11) is 1.68. The van der Waals surface area contributed by atoms with Gasteiger partial charge in [0.15, 0.2) is 0 Å². The number of hydrogen-bond acceptors (Lipinski definition) is 7. The lowest BCUT2D eigenvalue weighted by molar-refractivity contribution is -0.127. The fraction of sp³-hybridized carbons (Fsp3) is 0.423. The largest absolute Gasteiger partial charge is 0.497 e. The summed E-state index contributed by atoms with van der Waals surface area (Å²) in [5.74, 6) is 2.43. The number of rotatable bonds is 4. The van der Waals surface area contributed by atoms with Crippen LogP contribution in [0.3, 0.4) is 0 Å². The first-order chi connectivity index (χ1) is 16.7. The lowest BCUT2D eigenvalue weighted by atomic mass is 9.89. The summed E-state index contributed by atoms with van der Waals surface area (Å²) < 4.78 is 5.48. The molecule has 2 unspecified atom stereocenters. The molecule has 0 bridgehead atoms. The first kappa shape index (κ1) is 21.2. The van der Waals surface area contributed by atoms with Gasteiger partial charge >= 0.3 is 0 Å². The van der Waals surface area contributed by atoms with Crippen LogP contribution in [0, 0.1) is 11.8 Å². The smallest absolute Gasteiger partial charge is 0.225 e. The van der Waals surface area contributed by atoms with Crippen molar-refractivity contribution in [1.82, 2.24) is 20.6 Å². The highest BCUT2D eigenvalue weighted by molar-refractivity contribution is 5.95. The number of fused-ring (bicyclic) bond motifs is 2. The molecule has 1 amide bonds. The van der Waals surface area contributed by atoms with E-state index in [1.807, 2.05) is 18.3 Å². The summed E-state index contributed by atoms with van der Waals surface area (Å²) in [5.41, 5.74) is 3.88. The van der Waals surface area contributed by atoms with Gasteiger partial charge in [0.25, 0.3) is 0 Å². The Morgan fingerprint density at radius 1 is 1.03 bits per heavy atom. The summed E-state index contributed by atoms with van der Waals surface area (Å²) >= 11 is 0. The van der Waals surface area contributed by atoms with Crippen LogP contribution in [-0.4, -0.2) is 68.8 Å². The molecule has 176 valence electrons. The van der Waals surface area contributed by atoms with Crippen LogP contribution in [-0.2, 0) is 4.79 Å². The van der Waals surface area contributed by atoms with Gasteiger partial charge in [-0.3, -0.25) is 4.79 Å². The third-order valence-electron chi connectivity index (χ3n) is 7.41. The quantitative estimate of drug-likeness (QED) is 0.621. The SMILES string of the molecule is COc1ccc2c(N3CC4CCNC(=O)C4C3)cc(-c3ccc(N4CCNCC4)nc3)nc2c1. The third-order valence-corrected chi connectivity index (χ3v) is 7.41. The van der Waals surface area contributed by atoms with E-state index in [1.54, 1.807) is 7.11 Å². The van der Waals surface area contributed by atoms with E-state index >= 15 is 0 Å². The second-order valence-electron chi connectivity index (χ2n) is 9.40. The molecule has 5 heterocycles. The van der Waals surface area contributed by atoms with Crippen LogP contribution < -0.4 is 25.2 Å². The summed E-state index contributed by atoms with van der Waals surface area (Å²) in [5, 5.41) is 7.50. The number of hydrogen-bond donors (Lipinski definition) is 2. The van der Waals surface area contributed by atoms with Crippen molar-refractivity contribution >= 4 is 28.3 Å². The van der Waals surface area contributed by atoms with Crippen molar-refractivity contribution in [2.75, 3.05) is 62.7 Å². The maximum atomic E-state index is 12.5. The Morgan fingerprint density at radius 3 is 2.68 bits per heavy atom. The molecule has 0 spiro atoms. The van der Waals surface area contributed by atoms with Crippen molar-refractivity contribution in [2.24, 2.45) is 11.8 Å². The molecule has 6 rings (SSSR count). The molecule has 8 nitrogen and oxygen atoms in total. The molecule has 2 N–H and O–H groups in total. The van der Waals surface area contributed by atoms with Gasteiger partial charge in [-0.15, -0.1) is 0 Å². The monoisotopic (exact) mass is 458 g/mol. The minimum Gasteiger partial charge on any atom is -0.497 e. The van der Waals surface area contributed by atoms with Crippen molar-refractivity contribution in [2.45, 2.75) is 6.42 Å². The van der Waals surface area contributed by atoms with Crippen LogP contribution >= 0.6 is 0 Å². The van der Waals surface area contributed by atoms with E-state index in [9.17, 15) is 4.79 Å². The van der Waals surface area contributed by atoms with Gasteiger partial charge in [0.05, 0.1) is 24.2 Å². The molecule has 0 aliphatic carbocycles. The zero-order valence-electron chi connectivity index (χ0n) is 19.5. The second kappa shape index (κ2) is 8.76. The van der Waals surface area contributed by atoms with Crippen LogP contribution in [0.15, 0.2) is 42.6 Å². The number of carbonyl (C=O) groups is 1. The topological polar surface area (TPSA) is 82.6 Å². The van der Waals surface area contributed by atoms with Gasteiger partial charge in [0.2, 0.25) is 5.91 Å². The molecule has 3 aliphatic rings. The highest BCUT2D eigenvalue weighted by Gasteiger charge is 2.40. The second-order valence-corrected chi connectivity index (χ2v) is 9.40. The molecule has 8 heteroatoms. The van der Waals surface area contributed by atoms with Crippen LogP contribution in [0.2, 0.25) is 0 Å². The summed E-state index contributed by atoms with van der Waals surface area (Å²) in [6.07, 6.45) is 2.96. The molecule has 3 saturated heterocycles. The predicted octanol–water partition coefficient (Wildman–Crippen LogP) is 2.29. The standard InChI is InChI=1S/C26H30N6O2/c1-34-19-3-4-20-23(12-19)30-22(17-2-5-25(29-14-17)31-10-8-27-9-11-31)13-24(20)32-15-18-6-7-28-26(33)21(18)16-32/h2-5,12-14,18,21,27H,6-11,15-16H2,1H3,(H,28,33). The normalized spacial score (nSPS) is 22.6. The molecule has 3 fully saturated rings. The van der Waals surface area contributed by atoms with Crippen LogP contribution in [0.25, 0.3) is 22.2 Å². The minimum atomic E-state index is 0.0543. The molecule has 0 saturated carbocycles. The summed E-state index contributed by atoms with van der Waals surface area (Å²) in [6, 6.07) is 12.4.